The average molecular weight is 260 g/mol. The van der Waals surface area contributed by atoms with E-state index in [1.165, 1.54) is 0 Å². The largest absolute Gasteiger partial charge is 0.375 e. The van der Waals surface area contributed by atoms with E-state index in [0.717, 1.165) is 16.6 Å². The quantitative estimate of drug-likeness (QED) is 0.527. The Morgan fingerprint density at radius 3 is 2.78 bits per heavy atom. The lowest BCUT2D eigenvalue weighted by atomic mass is 10.1. The molecule has 2 aromatic rings. The summed E-state index contributed by atoms with van der Waals surface area (Å²) in [7, 11) is 0. The van der Waals surface area contributed by atoms with Crippen LogP contribution in [0.2, 0.25) is 0 Å². The van der Waals surface area contributed by atoms with Crippen molar-refractivity contribution in [2.24, 2.45) is 5.73 Å². The number of carbonyl (C=O) groups excluding carboxylic acids is 1. The molecular weight excluding hydrogens is 248 g/mol. The smallest absolute Gasteiger partial charge is 0.270 e. The Bertz CT molecular complexity index is 627. The fraction of sp³-hybridized carbons (Fsp3) is 0.0833. The van der Waals surface area contributed by atoms with Gasteiger partial charge in [0.05, 0.1) is 11.1 Å². The van der Waals surface area contributed by atoms with Crippen LogP contribution in [0.3, 0.4) is 0 Å². The first kappa shape index (κ1) is 12.3. The first-order chi connectivity index (χ1) is 8.58. The van der Waals surface area contributed by atoms with E-state index in [0.29, 0.717) is 5.56 Å². The molecule has 1 amide bonds. The van der Waals surface area contributed by atoms with Gasteiger partial charge < -0.3 is 5.73 Å². The standard InChI is InChI=1S/C12H12N4OS/c1-7-6-9(11(17)15-16-12(13)18)8-4-2-3-5-10(8)14-7/h2-6H,1H3,(H,15,17)(H3,13,16,18). The Balaban J connectivity index is 2.43. The SMILES string of the molecule is Cc1cc(C(=O)NNC(N)=S)c2ccccc2n1. The maximum Gasteiger partial charge on any atom is 0.270 e. The van der Waals surface area contributed by atoms with Crippen molar-refractivity contribution in [1.82, 2.24) is 15.8 Å². The predicted octanol–water partition coefficient (Wildman–Crippen LogP) is 1.02. The summed E-state index contributed by atoms with van der Waals surface area (Å²) >= 11 is 4.63. The Morgan fingerprint density at radius 1 is 1.33 bits per heavy atom. The number of fused-ring (bicyclic) bond motifs is 1. The highest BCUT2D eigenvalue weighted by molar-refractivity contribution is 7.80. The van der Waals surface area contributed by atoms with Crippen LogP contribution < -0.4 is 16.6 Å². The number of hydrogen-bond donors (Lipinski definition) is 3. The minimum Gasteiger partial charge on any atom is -0.375 e. The van der Waals surface area contributed by atoms with Crippen molar-refractivity contribution in [2.45, 2.75) is 6.92 Å². The number of aromatic nitrogens is 1. The normalized spacial score (nSPS) is 10.1. The maximum atomic E-state index is 12.0. The highest BCUT2D eigenvalue weighted by Gasteiger charge is 2.11. The van der Waals surface area contributed by atoms with Crippen molar-refractivity contribution < 1.29 is 4.79 Å². The number of hydrogen-bond acceptors (Lipinski definition) is 3. The first-order valence-corrected chi connectivity index (χ1v) is 5.71. The highest BCUT2D eigenvalue weighted by atomic mass is 32.1. The van der Waals surface area contributed by atoms with Gasteiger partial charge in [0.2, 0.25) is 0 Å². The second kappa shape index (κ2) is 4.97. The number of hydrazine groups is 1. The van der Waals surface area contributed by atoms with Gasteiger partial charge in [-0.05, 0) is 31.3 Å². The number of amides is 1. The summed E-state index contributed by atoms with van der Waals surface area (Å²) in [6.07, 6.45) is 0. The molecule has 92 valence electrons. The molecule has 4 N–H and O–H groups in total. The minimum absolute atomic E-state index is 0.0124. The molecule has 0 aliphatic carbocycles. The molecule has 6 heteroatoms. The molecule has 0 saturated heterocycles. The average Bonchev–Trinajstić information content (AvgIpc) is 2.34. The molecule has 18 heavy (non-hydrogen) atoms. The second-order valence-corrected chi connectivity index (χ2v) is 4.21. The van der Waals surface area contributed by atoms with E-state index < -0.39 is 0 Å². The van der Waals surface area contributed by atoms with E-state index in [2.05, 4.69) is 28.1 Å². The van der Waals surface area contributed by atoms with Gasteiger partial charge in [-0.15, -0.1) is 0 Å². The summed E-state index contributed by atoms with van der Waals surface area (Å²) in [6.45, 7) is 1.84. The molecule has 0 atom stereocenters. The van der Waals surface area contributed by atoms with Crippen LogP contribution in [0.1, 0.15) is 16.1 Å². The molecule has 0 aliphatic rings. The van der Waals surface area contributed by atoms with Gasteiger partial charge in [0.15, 0.2) is 5.11 Å². The molecule has 1 aromatic heterocycles. The van der Waals surface area contributed by atoms with Crippen molar-refractivity contribution in [3.05, 3.63) is 41.6 Å². The lowest BCUT2D eigenvalue weighted by Gasteiger charge is -2.09. The number of thiocarbonyl (C=S) groups is 1. The van der Waals surface area contributed by atoms with E-state index in [4.69, 9.17) is 5.73 Å². The van der Waals surface area contributed by atoms with Gasteiger partial charge in [-0.25, -0.2) is 0 Å². The van der Waals surface area contributed by atoms with Crippen molar-refractivity contribution in [3.8, 4) is 0 Å². The van der Waals surface area contributed by atoms with Crippen LogP contribution in [0.4, 0.5) is 0 Å². The summed E-state index contributed by atoms with van der Waals surface area (Å²) in [5.74, 6) is -0.301. The van der Waals surface area contributed by atoms with Crippen molar-refractivity contribution in [3.63, 3.8) is 0 Å². The number of nitrogens with one attached hydrogen (secondary N) is 2. The van der Waals surface area contributed by atoms with E-state index in [1.54, 1.807) is 6.07 Å². The van der Waals surface area contributed by atoms with E-state index in [-0.39, 0.29) is 11.0 Å². The van der Waals surface area contributed by atoms with Crippen LogP contribution in [-0.4, -0.2) is 16.0 Å². The van der Waals surface area contributed by atoms with Gasteiger partial charge in [0.25, 0.3) is 5.91 Å². The number of pyridine rings is 1. The molecule has 0 radical (unpaired) electrons. The molecule has 2 rings (SSSR count). The third-order valence-corrected chi connectivity index (χ3v) is 2.49. The van der Waals surface area contributed by atoms with Crippen molar-refractivity contribution in [2.75, 3.05) is 0 Å². The zero-order valence-electron chi connectivity index (χ0n) is 9.73. The van der Waals surface area contributed by atoms with Crippen LogP contribution in [0.5, 0.6) is 0 Å². The predicted molar refractivity (Wildman–Crippen MR) is 73.9 cm³/mol. The summed E-state index contributed by atoms with van der Waals surface area (Å²) in [5.41, 5.74) is 12.2. The van der Waals surface area contributed by atoms with Gasteiger partial charge in [0, 0.05) is 11.1 Å². The molecule has 5 nitrogen and oxygen atoms in total. The lowest BCUT2D eigenvalue weighted by Crippen LogP contribution is -2.44. The Morgan fingerprint density at radius 2 is 2.06 bits per heavy atom. The maximum absolute atomic E-state index is 12.0. The fourth-order valence-electron chi connectivity index (χ4n) is 1.68. The van der Waals surface area contributed by atoms with Gasteiger partial charge in [-0.2, -0.15) is 0 Å². The molecule has 0 aliphatic heterocycles. The van der Waals surface area contributed by atoms with Crippen LogP contribution in [0.15, 0.2) is 30.3 Å². The minimum atomic E-state index is -0.301. The number of rotatable bonds is 1. The zero-order chi connectivity index (χ0) is 13.1. The van der Waals surface area contributed by atoms with Crippen LogP contribution in [-0.2, 0) is 0 Å². The van der Waals surface area contributed by atoms with Gasteiger partial charge in [-0.1, -0.05) is 18.2 Å². The highest BCUT2D eigenvalue weighted by Crippen LogP contribution is 2.17. The van der Waals surface area contributed by atoms with Crippen molar-refractivity contribution >= 4 is 34.1 Å². The molecule has 0 saturated carbocycles. The number of nitrogens with zero attached hydrogens (tertiary/aromatic N) is 1. The summed E-state index contributed by atoms with van der Waals surface area (Å²) in [6, 6.07) is 9.16. The molecular formula is C12H12N4OS. The fourth-order valence-corrected chi connectivity index (χ4v) is 1.73. The molecule has 0 bridgehead atoms. The van der Waals surface area contributed by atoms with E-state index >= 15 is 0 Å². The van der Waals surface area contributed by atoms with Gasteiger partial charge in [0.1, 0.15) is 0 Å². The summed E-state index contributed by atoms with van der Waals surface area (Å²) in [4.78, 5) is 16.4. The summed E-state index contributed by atoms with van der Waals surface area (Å²) < 4.78 is 0. The lowest BCUT2D eigenvalue weighted by molar-refractivity contribution is 0.0945. The van der Waals surface area contributed by atoms with Crippen molar-refractivity contribution in [1.29, 1.82) is 0 Å². The monoisotopic (exact) mass is 260 g/mol. The van der Waals surface area contributed by atoms with Crippen LogP contribution >= 0.6 is 12.2 Å². The Kier molecular flexibility index (Phi) is 3.38. The summed E-state index contributed by atoms with van der Waals surface area (Å²) in [5, 5.41) is 0.795. The topological polar surface area (TPSA) is 80.0 Å². The van der Waals surface area contributed by atoms with Gasteiger partial charge in [-0.3, -0.25) is 20.6 Å². The molecule has 0 fully saturated rings. The Hall–Kier alpha value is -2.21. The number of aryl methyl sites for hydroxylation is 1. The number of para-hydroxylation sites is 1. The third kappa shape index (κ3) is 2.54. The first-order valence-electron chi connectivity index (χ1n) is 5.30. The van der Waals surface area contributed by atoms with E-state index in [1.807, 2.05) is 31.2 Å². The molecule has 0 spiro atoms. The number of nitrogens with two attached hydrogens (primary N) is 1. The van der Waals surface area contributed by atoms with Crippen LogP contribution in [0, 0.1) is 6.92 Å². The molecule has 1 aromatic carbocycles. The van der Waals surface area contributed by atoms with Gasteiger partial charge >= 0.3 is 0 Å². The molecule has 0 unspecified atom stereocenters. The third-order valence-electron chi connectivity index (χ3n) is 2.39. The Labute approximate surface area is 109 Å². The second-order valence-electron chi connectivity index (χ2n) is 3.77. The molecule has 1 heterocycles. The van der Waals surface area contributed by atoms with Crippen LogP contribution in [0.25, 0.3) is 10.9 Å². The zero-order valence-corrected chi connectivity index (χ0v) is 10.5. The number of carbonyl (C=O) groups is 1. The number of benzene rings is 1. The van der Waals surface area contributed by atoms with E-state index in [9.17, 15) is 4.79 Å².